The average Bonchev–Trinajstić information content (AvgIpc) is 2.95. The first-order valence-corrected chi connectivity index (χ1v) is 7.42. The van der Waals surface area contributed by atoms with Crippen LogP contribution in [0.1, 0.15) is 11.3 Å². The van der Waals surface area contributed by atoms with Crippen LogP contribution in [-0.4, -0.2) is 41.3 Å². The van der Waals surface area contributed by atoms with E-state index >= 15 is 0 Å². The Balaban J connectivity index is 1.91. The van der Waals surface area contributed by atoms with Crippen LogP contribution < -0.4 is 10.1 Å². The van der Waals surface area contributed by atoms with Crippen LogP contribution in [0.2, 0.25) is 0 Å². The number of halogens is 2. The van der Waals surface area contributed by atoms with Crippen molar-refractivity contribution in [2.24, 2.45) is 12.0 Å². The van der Waals surface area contributed by atoms with Crippen molar-refractivity contribution >= 4 is 5.96 Å². The Kier molecular flexibility index (Phi) is 6.11. The van der Waals surface area contributed by atoms with E-state index in [0.717, 1.165) is 17.2 Å². The number of benzene rings is 1. The summed E-state index contributed by atoms with van der Waals surface area (Å²) >= 11 is 0. The smallest absolute Gasteiger partial charge is 0.387 e. The number of nitrogens with one attached hydrogen (secondary N) is 1. The Morgan fingerprint density at radius 1 is 1.33 bits per heavy atom. The predicted molar refractivity (Wildman–Crippen MR) is 87.9 cm³/mol. The highest BCUT2D eigenvalue weighted by molar-refractivity contribution is 5.79. The Hall–Kier alpha value is -2.64. The maximum atomic E-state index is 12.2. The summed E-state index contributed by atoms with van der Waals surface area (Å²) in [6, 6.07) is 8.50. The molecule has 0 aliphatic carbocycles. The molecule has 1 aromatic heterocycles. The second kappa shape index (κ2) is 8.28. The summed E-state index contributed by atoms with van der Waals surface area (Å²) in [5.74, 6) is 0.874. The lowest BCUT2D eigenvalue weighted by atomic mass is 10.2. The number of ether oxygens (including phenoxy) is 1. The molecule has 0 aliphatic heterocycles. The highest BCUT2D eigenvalue weighted by Gasteiger charge is 2.09. The number of guanidine groups is 1. The van der Waals surface area contributed by atoms with Gasteiger partial charge in [0, 0.05) is 33.9 Å². The van der Waals surface area contributed by atoms with Gasteiger partial charge in [-0.2, -0.15) is 13.9 Å². The Morgan fingerprint density at radius 3 is 2.58 bits per heavy atom. The lowest BCUT2D eigenvalue weighted by Gasteiger charge is -2.22. The predicted octanol–water partition coefficient (Wildman–Crippen LogP) is 2.23. The van der Waals surface area contributed by atoms with Crippen LogP contribution in [0.25, 0.3) is 0 Å². The van der Waals surface area contributed by atoms with Crippen molar-refractivity contribution in [1.29, 1.82) is 0 Å². The third-order valence-corrected chi connectivity index (χ3v) is 3.49. The Labute approximate surface area is 139 Å². The molecule has 0 bridgehead atoms. The zero-order valence-corrected chi connectivity index (χ0v) is 13.9. The third kappa shape index (κ3) is 4.94. The first kappa shape index (κ1) is 17.7. The average molecular weight is 337 g/mol. The van der Waals surface area contributed by atoms with Gasteiger partial charge in [-0.1, -0.05) is 12.1 Å². The van der Waals surface area contributed by atoms with Crippen molar-refractivity contribution in [3.63, 3.8) is 0 Å². The summed E-state index contributed by atoms with van der Waals surface area (Å²) in [4.78, 5) is 6.19. The molecule has 0 fully saturated rings. The van der Waals surface area contributed by atoms with Gasteiger partial charge >= 0.3 is 6.61 Å². The molecule has 1 N–H and O–H groups in total. The topological polar surface area (TPSA) is 54.7 Å². The number of hydrogen-bond acceptors (Lipinski definition) is 3. The second-order valence-electron chi connectivity index (χ2n) is 5.23. The zero-order chi connectivity index (χ0) is 17.5. The van der Waals surface area contributed by atoms with E-state index in [1.54, 1.807) is 30.1 Å². The van der Waals surface area contributed by atoms with E-state index in [0.29, 0.717) is 13.1 Å². The third-order valence-electron chi connectivity index (χ3n) is 3.49. The summed E-state index contributed by atoms with van der Waals surface area (Å²) in [7, 11) is 5.50. The van der Waals surface area contributed by atoms with Gasteiger partial charge in [0.1, 0.15) is 5.75 Å². The van der Waals surface area contributed by atoms with Gasteiger partial charge in [-0.25, -0.2) is 0 Å². The van der Waals surface area contributed by atoms with Gasteiger partial charge in [0.15, 0.2) is 5.96 Å². The van der Waals surface area contributed by atoms with Gasteiger partial charge in [0.25, 0.3) is 0 Å². The Bertz CT molecular complexity index is 669. The summed E-state index contributed by atoms with van der Waals surface area (Å²) in [6.45, 7) is -1.62. The minimum Gasteiger partial charge on any atom is -0.435 e. The molecule has 2 rings (SSSR count). The quantitative estimate of drug-likeness (QED) is 0.649. The number of aliphatic imine (C=N–C) groups is 1. The first-order chi connectivity index (χ1) is 11.5. The van der Waals surface area contributed by atoms with Crippen LogP contribution in [0, 0.1) is 0 Å². The minimum atomic E-state index is -2.81. The van der Waals surface area contributed by atoms with Crippen molar-refractivity contribution in [1.82, 2.24) is 20.0 Å². The Morgan fingerprint density at radius 2 is 2.04 bits per heavy atom. The van der Waals surface area contributed by atoms with Crippen LogP contribution in [0.5, 0.6) is 5.75 Å². The molecule has 0 saturated carbocycles. The van der Waals surface area contributed by atoms with Crippen molar-refractivity contribution in [2.45, 2.75) is 19.7 Å². The summed E-state index contributed by atoms with van der Waals surface area (Å²) in [5.41, 5.74) is 2.00. The van der Waals surface area contributed by atoms with Crippen molar-refractivity contribution in [2.75, 3.05) is 14.1 Å². The number of aryl methyl sites for hydroxylation is 1. The van der Waals surface area contributed by atoms with Crippen LogP contribution in [-0.2, 0) is 20.1 Å². The van der Waals surface area contributed by atoms with Crippen LogP contribution in [0.15, 0.2) is 41.5 Å². The molecule has 0 atom stereocenters. The lowest BCUT2D eigenvalue weighted by Crippen LogP contribution is -2.38. The van der Waals surface area contributed by atoms with E-state index in [2.05, 4.69) is 20.1 Å². The highest BCUT2D eigenvalue weighted by atomic mass is 19.3. The van der Waals surface area contributed by atoms with E-state index in [9.17, 15) is 8.78 Å². The maximum Gasteiger partial charge on any atom is 0.387 e. The fraction of sp³-hybridized carbons (Fsp3) is 0.375. The zero-order valence-electron chi connectivity index (χ0n) is 13.9. The second-order valence-corrected chi connectivity index (χ2v) is 5.23. The number of nitrogens with zero attached hydrogens (tertiary/aromatic N) is 4. The fourth-order valence-electron chi connectivity index (χ4n) is 2.25. The van der Waals surface area contributed by atoms with E-state index in [4.69, 9.17) is 0 Å². The van der Waals surface area contributed by atoms with Crippen molar-refractivity contribution in [3.8, 4) is 5.75 Å². The van der Waals surface area contributed by atoms with Gasteiger partial charge < -0.3 is 15.0 Å². The fourth-order valence-corrected chi connectivity index (χ4v) is 2.25. The summed E-state index contributed by atoms with van der Waals surface area (Å²) < 4.78 is 30.4. The normalized spacial score (nSPS) is 11.7. The number of alkyl halides is 2. The lowest BCUT2D eigenvalue weighted by molar-refractivity contribution is -0.0498. The van der Waals surface area contributed by atoms with E-state index in [1.807, 2.05) is 25.1 Å². The van der Waals surface area contributed by atoms with E-state index in [-0.39, 0.29) is 5.75 Å². The molecule has 0 saturated heterocycles. The summed E-state index contributed by atoms with van der Waals surface area (Å²) in [6.07, 6.45) is 1.74. The molecule has 0 aliphatic rings. The SMILES string of the molecule is CN=C(NCc1ccnn1C)N(C)Cc1ccc(OC(F)F)cc1. The number of aromatic nitrogens is 2. The monoisotopic (exact) mass is 337 g/mol. The molecule has 0 radical (unpaired) electrons. The van der Waals surface area contributed by atoms with Gasteiger partial charge in [0.05, 0.1) is 12.2 Å². The minimum absolute atomic E-state index is 0.148. The van der Waals surface area contributed by atoms with Crippen molar-refractivity contribution in [3.05, 3.63) is 47.8 Å². The molecule has 1 aromatic carbocycles. The molecule has 0 amide bonds. The number of hydrogen-bond donors (Lipinski definition) is 1. The molecule has 2 aromatic rings. The van der Waals surface area contributed by atoms with E-state index < -0.39 is 6.61 Å². The standard InChI is InChI=1S/C16H21F2N5O/c1-19-16(20-10-13-8-9-21-23(13)3)22(2)11-12-4-6-14(7-5-12)24-15(17)18/h4-9,15H,10-11H2,1-3H3,(H,19,20). The van der Waals surface area contributed by atoms with Crippen LogP contribution >= 0.6 is 0 Å². The van der Waals surface area contributed by atoms with Crippen molar-refractivity contribution < 1.29 is 13.5 Å². The molecule has 6 nitrogen and oxygen atoms in total. The van der Waals surface area contributed by atoms with Crippen LogP contribution in [0.3, 0.4) is 0 Å². The van der Waals surface area contributed by atoms with Crippen LogP contribution in [0.4, 0.5) is 8.78 Å². The van der Waals surface area contributed by atoms with Gasteiger partial charge in [-0.05, 0) is 23.8 Å². The molecule has 0 unspecified atom stereocenters. The molecule has 24 heavy (non-hydrogen) atoms. The van der Waals surface area contributed by atoms with Gasteiger partial charge in [-0.3, -0.25) is 9.67 Å². The molecule has 8 heteroatoms. The number of rotatable bonds is 6. The largest absolute Gasteiger partial charge is 0.435 e. The summed E-state index contributed by atoms with van der Waals surface area (Å²) in [5, 5.41) is 7.38. The molecular formula is C16H21F2N5O. The molecule has 1 heterocycles. The first-order valence-electron chi connectivity index (χ1n) is 7.42. The molecule has 130 valence electrons. The van der Waals surface area contributed by atoms with Gasteiger partial charge in [-0.15, -0.1) is 0 Å². The molecule has 0 spiro atoms. The highest BCUT2D eigenvalue weighted by Crippen LogP contribution is 2.15. The maximum absolute atomic E-state index is 12.2. The van der Waals surface area contributed by atoms with Gasteiger partial charge in [0.2, 0.25) is 0 Å². The molecular weight excluding hydrogens is 316 g/mol. The van der Waals surface area contributed by atoms with E-state index in [1.165, 1.54) is 12.1 Å².